The first-order valence-corrected chi connectivity index (χ1v) is 5.48. The number of hydrogen-bond acceptors (Lipinski definition) is 3. The van der Waals surface area contributed by atoms with E-state index in [1.165, 1.54) is 11.8 Å². The fraction of sp³-hybridized carbons (Fsp3) is 0.182. The van der Waals surface area contributed by atoms with Gasteiger partial charge in [0, 0.05) is 5.75 Å². The highest BCUT2D eigenvalue weighted by molar-refractivity contribution is 8.13. The molecule has 0 unspecified atom stereocenters. The second-order valence-corrected chi connectivity index (χ2v) is 3.91. The predicted molar refractivity (Wildman–Crippen MR) is 66.4 cm³/mol. The lowest BCUT2D eigenvalue weighted by Crippen LogP contribution is -2.03. The smallest absolute Gasteiger partial charge is 0.151 e. The van der Waals surface area contributed by atoms with E-state index in [0.29, 0.717) is 0 Å². The van der Waals surface area contributed by atoms with Crippen molar-refractivity contribution in [1.29, 1.82) is 5.41 Å². The summed E-state index contributed by atoms with van der Waals surface area (Å²) >= 11 is 1.31. The van der Waals surface area contributed by atoms with E-state index in [2.05, 4.69) is 0 Å². The molecule has 0 aliphatic carbocycles. The van der Waals surface area contributed by atoms with E-state index < -0.39 is 0 Å². The van der Waals surface area contributed by atoms with Crippen LogP contribution in [0.5, 0.6) is 5.75 Å². The fourth-order valence-electron chi connectivity index (χ4n) is 1.04. The van der Waals surface area contributed by atoms with Crippen LogP contribution in [-0.2, 0) is 0 Å². The molecule has 3 nitrogen and oxygen atoms in total. The Morgan fingerprint density at radius 3 is 2.67 bits per heavy atom. The van der Waals surface area contributed by atoms with Gasteiger partial charge in [0.1, 0.15) is 5.75 Å². The van der Waals surface area contributed by atoms with Crippen molar-refractivity contribution in [3.8, 4) is 5.75 Å². The molecular formula is C11H14N2OS. The number of rotatable bonds is 4. The average Bonchev–Trinajstić information content (AvgIpc) is 2.25. The van der Waals surface area contributed by atoms with E-state index >= 15 is 0 Å². The van der Waals surface area contributed by atoms with Gasteiger partial charge in [0.05, 0.1) is 7.11 Å². The molecule has 0 aliphatic heterocycles. The molecule has 1 rings (SSSR count). The van der Waals surface area contributed by atoms with E-state index in [1.807, 2.05) is 36.4 Å². The minimum atomic E-state index is 0.148. The lowest BCUT2D eigenvalue weighted by atomic mass is 10.2. The van der Waals surface area contributed by atoms with Gasteiger partial charge in [-0.1, -0.05) is 36.0 Å². The van der Waals surface area contributed by atoms with Gasteiger partial charge >= 0.3 is 0 Å². The molecule has 4 heteroatoms. The number of amidine groups is 1. The summed E-state index contributed by atoms with van der Waals surface area (Å²) in [6.07, 6.45) is 3.98. The number of methoxy groups -OCH3 is 1. The molecule has 0 aromatic heterocycles. The SMILES string of the molecule is COc1ccc(/C=C/CSC(=N)N)cc1. The topological polar surface area (TPSA) is 59.1 Å². The molecule has 0 bridgehead atoms. The Morgan fingerprint density at radius 2 is 2.13 bits per heavy atom. The van der Waals surface area contributed by atoms with Crippen LogP contribution < -0.4 is 10.5 Å². The van der Waals surface area contributed by atoms with Crippen molar-refractivity contribution >= 4 is 23.0 Å². The van der Waals surface area contributed by atoms with E-state index in [0.717, 1.165) is 17.1 Å². The molecule has 80 valence electrons. The van der Waals surface area contributed by atoms with E-state index in [4.69, 9.17) is 15.9 Å². The second-order valence-electron chi connectivity index (χ2n) is 2.85. The molecule has 0 atom stereocenters. The molecule has 0 radical (unpaired) electrons. The van der Waals surface area contributed by atoms with E-state index in [-0.39, 0.29) is 5.17 Å². The number of hydrogen-bond donors (Lipinski definition) is 2. The lowest BCUT2D eigenvalue weighted by Gasteiger charge is -1.98. The number of nitrogens with two attached hydrogens (primary N) is 1. The first-order chi connectivity index (χ1) is 7.22. The van der Waals surface area contributed by atoms with Crippen molar-refractivity contribution in [1.82, 2.24) is 0 Å². The van der Waals surface area contributed by atoms with Gasteiger partial charge in [0.15, 0.2) is 5.17 Å². The van der Waals surface area contributed by atoms with Gasteiger partial charge in [-0.15, -0.1) is 0 Å². The molecule has 0 saturated carbocycles. The second kappa shape index (κ2) is 6.14. The lowest BCUT2D eigenvalue weighted by molar-refractivity contribution is 0.415. The summed E-state index contributed by atoms with van der Waals surface area (Å²) in [7, 11) is 1.65. The molecule has 0 heterocycles. The maximum absolute atomic E-state index is 7.02. The minimum absolute atomic E-state index is 0.148. The van der Waals surface area contributed by atoms with Crippen molar-refractivity contribution in [3.05, 3.63) is 35.9 Å². The highest BCUT2D eigenvalue weighted by Gasteiger charge is 1.90. The third-order valence-corrected chi connectivity index (χ3v) is 2.43. The van der Waals surface area contributed by atoms with Crippen LogP contribution in [0, 0.1) is 5.41 Å². The molecular weight excluding hydrogens is 208 g/mol. The highest BCUT2D eigenvalue weighted by atomic mass is 32.2. The van der Waals surface area contributed by atoms with Gasteiger partial charge in [-0.3, -0.25) is 5.41 Å². The van der Waals surface area contributed by atoms with Crippen LogP contribution >= 0.6 is 11.8 Å². The van der Waals surface area contributed by atoms with Gasteiger partial charge in [0.2, 0.25) is 0 Å². The zero-order valence-corrected chi connectivity index (χ0v) is 9.38. The standard InChI is InChI=1S/C11H14N2OS/c1-14-10-6-4-9(5-7-10)3-2-8-15-11(12)13/h2-7H,8H2,1H3,(H3,12,13)/b3-2+. The number of nitrogens with one attached hydrogen (secondary N) is 1. The summed E-state index contributed by atoms with van der Waals surface area (Å²) in [6.45, 7) is 0. The number of benzene rings is 1. The van der Waals surface area contributed by atoms with Crippen LogP contribution in [0.25, 0.3) is 6.08 Å². The van der Waals surface area contributed by atoms with Crippen LogP contribution in [0.15, 0.2) is 30.3 Å². The van der Waals surface area contributed by atoms with Gasteiger partial charge in [-0.05, 0) is 17.7 Å². The summed E-state index contributed by atoms with van der Waals surface area (Å²) in [5.41, 5.74) is 6.32. The van der Waals surface area contributed by atoms with Gasteiger partial charge < -0.3 is 10.5 Å². The van der Waals surface area contributed by atoms with Gasteiger partial charge in [-0.2, -0.15) is 0 Å². The molecule has 1 aromatic carbocycles. The monoisotopic (exact) mass is 222 g/mol. The minimum Gasteiger partial charge on any atom is -0.497 e. The zero-order valence-electron chi connectivity index (χ0n) is 8.57. The van der Waals surface area contributed by atoms with Gasteiger partial charge in [-0.25, -0.2) is 0 Å². The quantitative estimate of drug-likeness (QED) is 0.607. The molecule has 0 fully saturated rings. The van der Waals surface area contributed by atoms with Crippen molar-refractivity contribution in [2.75, 3.05) is 12.9 Å². The van der Waals surface area contributed by atoms with Crippen LogP contribution in [0.4, 0.5) is 0 Å². The third-order valence-electron chi connectivity index (χ3n) is 1.76. The Bertz CT molecular complexity index is 346. The molecule has 1 aromatic rings. The van der Waals surface area contributed by atoms with E-state index in [9.17, 15) is 0 Å². The maximum Gasteiger partial charge on any atom is 0.151 e. The Hall–Kier alpha value is -1.42. The predicted octanol–water partition coefficient (Wildman–Crippen LogP) is 2.34. The van der Waals surface area contributed by atoms with Crippen molar-refractivity contribution in [2.24, 2.45) is 5.73 Å². The van der Waals surface area contributed by atoms with Crippen LogP contribution in [0.3, 0.4) is 0 Å². The molecule has 0 aliphatic rings. The third kappa shape index (κ3) is 4.56. The molecule has 3 N–H and O–H groups in total. The summed E-state index contributed by atoms with van der Waals surface area (Å²) in [5, 5.41) is 7.17. The Kier molecular flexibility index (Phi) is 4.77. The molecule has 0 amide bonds. The van der Waals surface area contributed by atoms with Crippen molar-refractivity contribution in [3.63, 3.8) is 0 Å². The van der Waals surface area contributed by atoms with Crippen molar-refractivity contribution in [2.45, 2.75) is 0 Å². The van der Waals surface area contributed by atoms with Crippen molar-refractivity contribution < 1.29 is 4.74 Å². The maximum atomic E-state index is 7.02. The zero-order chi connectivity index (χ0) is 11.1. The van der Waals surface area contributed by atoms with Crippen LogP contribution in [0.1, 0.15) is 5.56 Å². The van der Waals surface area contributed by atoms with Crippen LogP contribution in [0.2, 0.25) is 0 Å². The van der Waals surface area contributed by atoms with Gasteiger partial charge in [0.25, 0.3) is 0 Å². The summed E-state index contributed by atoms with van der Waals surface area (Å²) in [4.78, 5) is 0. The number of ether oxygens (including phenoxy) is 1. The first-order valence-electron chi connectivity index (χ1n) is 4.50. The normalized spacial score (nSPS) is 10.5. The van der Waals surface area contributed by atoms with Crippen LogP contribution in [-0.4, -0.2) is 18.0 Å². The largest absolute Gasteiger partial charge is 0.497 e. The fourth-order valence-corrected chi connectivity index (χ4v) is 1.41. The average molecular weight is 222 g/mol. The summed E-state index contributed by atoms with van der Waals surface area (Å²) < 4.78 is 5.05. The number of thioether (sulfide) groups is 1. The molecule has 0 spiro atoms. The van der Waals surface area contributed by atoms with E-state index in [1.54, 1.807) is 7.11 Å². The Morgan fingerprint density at radius 1 is 1.47 bits per heavy atom. The Balaban J connectivity index is 2.46. The molecule has 0 saturated heterocycles. The Labute approximate surface area is 93.8 Å². The summed E-state index contributed by atoms with van der Waals surface area (Å²) in [6, 6.07) is 7.79. The first kappa shape index (κ1) is 11.7. The molecule has 15 heavy (non-hydrogen) atoms. The highest BCUT2D eigenvalue weighted by Crippen LogP contribution is 2.12. The summed E-state index contributed by atoms with van der Waals surface area (Å²) in [5.74, 6) is 1.58.